The highest BCUT2D eigenvalue weighted by atomic mass is 19.1. The van der Waals surface area contributed by atoms with E-state index in [0.717, 1.165) is 18.2 Å². The number of methoxy groups -OCH3 is 1. The fraction of sp³-hybridized carbons (Fsp3) is 0.333. The normalized spacial score (nSPS) is 19.9. The van der Waals surface area contributed by atoms with Crippen molar-refractivity contribution in [2.24, 2.45) is 0 Å². The van der Waals surface area contributed by atoms with Gasteiger partial charge in [0.15, 0.2) is 0 Å². The first-order valence-electron chi connectivity index (χ1n) is 7.89. The molecule has 7 heteroatoms. The lowest BCUT2D eigenvalue weighted by atomic mass is 10.0. The largest absolute Gasteiger partial charge is 0.495 e. The molecule has 1 aromatic carbocycles. The number of hydrogen-bond donors (Lipinski definition) is 1. The Labute approximate surface area is 143 Å². The number of aromatic nitrogens is 1. The van der Waals surface area contributed by atoms with Gasteiger partial charge < -0.3 is 14.7 Å². The van der Waals surface area contributed by atoms with Gasteiger partial charge in [-0.25, -0.2) is 8.78 Å². The summed E-state index contributed by atoms with van der Waals surface area (Å²) in [5.74, 6) is -0.904. The minimum absolute atomic E-state index is 0.00412. The maximum absolute atomic E-state index is 14.1. The Morgan fingerprint density at radius 1 is 1.36 bits per heavy atom. The number of nitrogens with zero attached hydrogens (tertiary/aromatic N) is 2. The number of carbonyl (C=O) groups is 1. The number of ether oxygens (including phenoxy) is 1. The van der Waals surface area contributed by atoms with Crippen molar-refractivity contribution in [3.05, 3.63) is 59.4 Å². The summed E-state index contributed by atoms with van der Waals surface area (Å²) >= 11 is 0. The van der Waals surface area contributed by atoms with Crippen molar-refractivity contribution in [3.8, 4) is 5.75 Å². The van der Waals surface area contributed by atoms with Crippen LogP contribution in [0.25, 0.3) is 0 Å². The van der Waals surface area contributed by atoms with E-state index in [4.69, 9.17) is 4.74 Å². The second-order valence-electron chi connectivity index (χ2n) is 5.98. The molecule has 1 aliphatic heterocycles. The molecule has 2 heterocycles. The third-order valence-corrected chi connectivity index (χ3v) is 4.28. The van der Waals surface area contributed by atoms with Gasteiger partial charge in [0.2, 0.25) is 5.91 Å². The summed E-state index contributed by atoms with van der Waals surface area (Å²) in [5, 5.41) is 9.93. The van der Waals surface area contributed by atoms with Crippen LogP contribution in [-0.2, 0) is 11.2 Å². The Bertz CT molecular complexity index is 767. The third-order valence-electron chi connectivity index (χ3n) is 4.28. The number of aliphatic hydroxyl groups is 1. The molecule has 2 aromatic rings. The lowest BCUT2D eigenvalue weighted by Crippen LogP contribution is -2.33. The molecule has 5 nitrogen and oxygen atoms in total. The molecule has 0 saturated carbocycles. The van der Waals surface area contributed by atoms with E-state index in [1.54, 1.807) is 12.1 Å². The lowest BCUT2D eigenvalue weighted by Gasteiger charge is -2.25. The average molecular weight is 348 g/mol. The number of benzene rings is 1. The first-order chi connectivity index (χ1) is 12.0. The van der Waals surface area contributed by atoms with Crippen LogP contribution in [0.2, 0.25) is 0 Å². The van der Waals surface area contributed by atoms with Gasteiger partial charge in [0.25, 0.3) is 0 Å². The van der Waals surface area contributed by atoms with E-state index in [2.05, 4.69) is 4.98 Å². The average Bonchev–Trinajstić information content (AvgIpc) is 2.99. The van der Waals surface area contributed by atoms with Gasteiger partial charge >= 0.3 is 0 Å². The highest BCUT2D eigenvalue weighted by Gasteiger charge is 2.36. The fourth-order valence-corrected chi connectivity index (χ4v) is 3.05. The first kappa shape index (κ1) is 17.3. The second kappa shape index (κ2) is 7.14. The van der Waals surface area contributed by atoms with Crippen LogP contribution < -0.4 is 4.74 Å². The molecule has 132 valence electrons. The van der Waals surface area contributed by atoms with E-state index in [9.17, 15) is 18.7 Å². The number of amides is 1. The summed E-state index contributed by atoms with van der Waals surface area (Å²) < 4.78 is 32.6. The van der Waals surface area contributed by atoms with Crippen molar-refractivity contribution in [2.45, 2.75) is 25.0 Å². The van der Waals surface area contributed by atoms with Gasteiger partial charge in [-0.05, 0) is 36.8 Å². The monoisotopic (exact) mass is 348 g/mol. The zero-order chi connectivity index (χ0) is 18.0. The van der Waals surface area contributed by atoms with Crippen molar-refractivity contribution >= 4 is 5.91 Å². The SMILES string of the molecule is COc1ccc(CC(=O)N2C[C@H](O)C[C@@H]2c2cc(F)ccc2F)nc1. The number of pyridine rings is 1. The molecule has 1 aromatic heterocycles. The molecule has 0 aliphatic carbocycles. The number of halogens is 2. The van der Waals surface area contributed by atoms with E-state index in [1.807, 2.05) is 0 Å². The fourth-order valence-electron chi connectivity index (χ4n) is 3.05. The number of rotatable bonds is 4. The number of hydrogen-bond acceptors (Lipinski definition) is 4. The summed E-state index contributed by atoms with van der Waals surface area (Å²) in [4.78, 5) is 18.1. The topological polar surface area (TPSA) is 62.7 Å². The van der Waals surface area contributed by atoms with Crippen molar-refractivity contribution in [1.82, 2.24) is 9.88 Å². The Kier molecular flexibility index (Phi) is 4.94. The van der Waals surface area contributed by atoms with Crippen molar-refractivity contribution in [3.63, 3.8) is 0 Å². The Morgan fingerprint density at radius 3 is 2.84 bits per heavy atom. The van der Waals surface area contributed by atoms with Crippen LogP contribution in [0.5, 0.6) is 5.75 Å². The van der Waals surface area contributed by atoms with Crippen LogP contribution in [0.3, 0.4) is 0 Å². The second-order valence-corrected chi connectivity index (χ2v) is 5.98. The molecule has 1 fully saturated rings. The van der Waals surface area contributed by atoms with Gasteiger partial charge in [-0.15, -0.1) is 0 Å². The minimum atomic E-state index is -0.777. The molecular weight excluding hydrogens is 330 g/mol. The lowest BCUT2D eigenvalue weighted by molar-refractivity contribution is -0.131. The summed E-state index contributed by atoms with van der Waals surface area (Å²) in [6, 6.07) is 5.79. The minimum Gasteiger partial charge on any atom is -0.495 e. The van der Waals surface area contributed by atoms with E-state index < -0.39 is 23.8 Å². The first-order valence-corrected chi connectivity index (χ1v) is 7.89. The number of likely N-dealkylation sites (tertiary alicyclic amines) is 1. The number of β-amino-alcohol motifs (C(OH)–C–C–N with tert-alkyl or cyclic N) is 1. The predicted octanol–water partition coefficient (Wildman–Crippen LogP) is 2.25. The van der Waals surface area contributed by atoms with Crippen LogP contribution in [0.1, 0.15) is 23.7 Å². The standard InChI is InChI=1S/C18H18F2N2O3/c1-25-14-4-3-12(21-9-14)7-18(24)22-10-13(23)8-17(22)15-6-11(19)2-5-16(15)20/h2-6,9,13,17,23H,7-8,10H2,1H3/t13-,17-/m1/s1. The highest BCUT2D eigenvalue weighted by molar-refractivity contribution is 5.79. The number of aliphatic hydroxyl groups excluding tert-OH is 1. The molecule has 0 spiro atoms. The summed E-state index contributed by atoms with van der Waals surface area (Å²) in [7, 11) is 1.52. The molecule has 1 saturated heterocycles. The van der Waals surface area contributed by atoms with Gasteiger partial charge in [-0.3, -0.25) is 9.78 Å². The van der Waals surface area contributed by atoms with Crippen LogP contribution >= 0.6 is 0 Å². The van der Waals surface area contributed by atoms with Gasteiger partial charge in [-0.2, -0.15) is 0 Å². The Balaban J connectivity index is 1.80. The van der Waals surface area contributed by atoms with Crippen molar-refractivity contribution in [2.75, 3.05) is 13.7 Å². The summed E-state index contributed by atoms with van der Waals surface area (Å²) in [5.41, 5.74) is 0.609. The zero-order valence-electron chi connectivity index (χ0n) is 13.7. The van der Waals surface area contributed by atoms with Crippen molar-refractivity contribution in [1.29, 1.82) is 0 Å². The summed E-state index contributed by atoms with van der Waals surface area (Å²) in [6.07, 6.45) is 0.901. The summed E-state index contributed by atoms with van der Waals surface area (Å²) in [6.45, 7) is 0.0790. The van der Waals surface area contributed by atoms with Crippen LogP contribution in [-0.4, -0.2) is 40.7 Å². The van der Waals surface area contributed by atoms with Crippen LogP contribution in [0, 0.1) is 11.6 Å². The maximum Gasteiger partial charge on any atom is 0.229 e. The molecule has 0 bridgehead atoms. The van der Waals surface area contributed by atoms with Gasteiger partial charge in [0.05, 0.1) is 31.9 Å². The molecular formula is C18H18F2N2O3. The van der Waals surface area contributed by atoms with Gasteiger partial charge in [0, 0.05) is 17.8 Å². The van der Waals surface area contributed by atoms with Crippen molar-refractivity contribution < 1.29 is 23.4 Å². The van der Waals surface area contributed by atoms with Crippen LogP contribution in [0.4, 0.5) is 8.78 Å². The van der Waals surface area contributed by atoms with E-state index in [1.165, 1.54) is 18.2 Å². The molecule has 0 radical (unpaired) electrons. The maximum atomic E-state index is 14.1. The van der Waals surface area contributed by atoms with Gasteiger partial charge in [-0.1, -0.05) is 0 Å². The molecule has 3 rings (SSSR count). The zero-order valence-corrected chi connectivity index (χ0v) is 13.7. The number of carbonyl (C=O) groups excluding carboxylic acids is 1. The molecule has 1 N–H and O–H groups in total. The Morgan fingerprint density at radius 2 is 2.16 bits per heavy atom. The van der Waals surface area contributed by atoms with E-state index in [0.29, 0.717) is 11.4 Å². The molecule has 25 heavy (non-hydrogen) atoms. The highest BCUT2D eigenvalue weighted by Crippen LogP contribution is 2.34. The molecule has 1 aliphatic rings. The smallest absolute Gasteiger partial charge is 0.229 e. The molecule has 2 atom stereocenters. The van der Waals surface area contributed by atoms with E-state index in [-0.39, 0.29) is 30.9 Å². The Hall–Kier alpha value is -2.54. The quantitative estimate of drug-likeness (QED) is 0.921. The van der Waals surface area contributed by atoms with E-state index >= 15 is 0 Å². The predicted molar refractivity (Wildman–Crippen MR) is 85.9 cm³/mol. The van der Waals surface area contributed by atoms with Gasteiger partial charge in [0.1, 0.15) is 17.4 Å². The van der Waals surface area contributed by atoms with Crippen LogP contribution in [0.15, 0.2) is 36.5 Å². The third kappa shape index (κ3) is 3.76. The molecule has 1 amide bonds. The molecule has 0 unspecified atom stereocenters.